The molecule has 5 rings (SSSR count). The van der Waals surface area contributed by atoms with Gasteiger partial charge < -0.3 is 15.0 Å². The lowest BCUT2D eigenvalue weighted by Gasteiger charge is -2.25. The number of ether oxygens (including phenoxy) is 1. The number of nitrogens with zero attached hydrogens (tertiary/aromatic N) is 4. The summed E-state index contributed by atoms with van der Waals surface area (Å²) in [6, 6.07) is 5.75. The number of benzene rings is 1. The van der Waals surface area contributed by atoms with Gasteiger partial charge in [-0.1, -0.05) is 6.07 Å². The average molecular weight is 477 g/mol. The number of fused-ring (bicyclic) bond motifs is 2. The Bertz CT molecular complexity index is 1250. The molecule has 1 amide bonds. The molecule has 11 heteroatoms. The van der Waals surface area contributed by atoms with Gasteiger partial charge in [-0.05, 0) is 45.0 Å². The van der Waals surface area contributed by atoms with Crippen LogP contribution in [-0.2, 0) is 10.9 Å². The summed E-state index contributed by atoms with van der Waals surface area (Å²) >= 11 is 0. The molecule has 2 unspecified atom stereocenters. The Labute approximate surface area is 192 Å². The van der Waals surface area contributed by atoms with Crippen LogP contribution in [0.25, 0.3) is 16.8 Å². The Morgan fingerprint density at radius 1 is 1.12 bits per heavy atom. The van der Waals surface area contributed by atoms with Gasteiger partial charge >= 0.3 is 12.3 Å². The zero-order valence-corrected chi connectivity index (χ0v) is 18.7. The van der Waals surface area contributed by atoms with Gasteiger partial charge in [0.25, 0.3) is 0 Å². The van der Waals surface area contributed by atoms with E-state index in [0.29, 0.717) is 36.3 Å². The summed E-state index contributed by atoms with van der Waals surface area (Å²) in [6.07, 6.45) is -3.32. The van der Waals surface area contributed by atoms with Gasteiger partial charge in [0, 0.05) is 48.3 Å². The van der Waals surface area contributed by atoms with Gasteiger partial charge in [-0.25, -0.2) is 13.7 Å². The summed E-state index contributed by atoms with van der Waals surface area (Å²) in [5, 5.41) is 7.66. The van der Waals surface area contributed by atoms with Crippen molar-refractivity contribution in [1.29, 1.82) is 0 Å². The molecule has 1 saturated heterocycles. The molecule has 0 bridgehead atoms. The number of anilines is 1. The predicted octanol–water partition coefficient (Wildman–Crippen LogP) is 4.83. The summed E-state index contributed by atoms with van der Waals surface area (Å²) in [4.78, 5) is 18.4. The maximum Gasteiger partial charge on any atom is 0.416 e. The van der Waals surface area contributed by atoms with Crippen molar-refractivity contribution in [3.05, 3.63) is 47.9 Å². The van der Waals surface area contributed by atoms with E-state index in [1.54, 1.807) is 23.2 Å². The van der Waals surface area contributed by atoms with Crippen LogP contribution in [0.2, 0.25) is 0 Å². The van der Waals surface area contributed by atoms with Crippen molar-refractivity contribution in [2.45, 2.75) is 38.6 Å². The number of halogens is 4. The third kappa shape index (κ3) is 4.14. The largest absolute Gasteiger partial charge is 0.444 e. The van der Waals surface area contributed by atoms with Gasteiger partial charge in [0.2, 0.25) is 5.95 Å². The number of alkyl halides is 3. The van der Waals surface area contributed by atoms with Crippen LogP contribution in [0.5, 0.6) is 0 Å². The number of piperidine rings is 1. The van der Waals surface area contributed by atoms with E-state index in [-0.39, 0.29) is 29.5 Å². The SMILES string of the molecule is CC(C)(C)OC(=O)N1CC2C(C1)C2Nc1nc2c(-c3ccc(C(F)(F)F)cc3F)cccn2n1. The number of carbonyl (C=O) groups excluding carboxylic acids is 1. The average Bonchev–Trinajstić information content (AvgIpc) is 3.07. The highest BCUT2D eigenvalue weighted by Gasteiger charge is 2.57. The molecule has 0 radical (unpaired) electrons. The predicted molar refractivity (Wildman–Crippen MR) is 116 cm³/mol. The summed E-state index contributed by atoms with van der Waals surface area (Å²) < 4.78 is 60.1. The summed E-state index contributed by atoms with van der Waals surface area (Å²) in [6.45, 7) is 6.63. The Kier molecular flexibility index (Phi) is 4.99. The Balaban J connectivity index is 1.31. The van der Waals surface area contributed by atoms with E-state index in [4.69, 9.17) is 4.74 Å². The number of hydrogen-bond acceptors (Lipinski definition) is 5. The monoisotopic (exact) mass is 477 g/mol. The fourth-order valence-corrected chi connectivity index (χ4v) is 4.45. The van der Waals surface area contributed by atoms with Gasteiger partial charge in [-0.3, -0.25) is 0 Å². The molecule has 34 heavy (non-hydrogen) atoms. The first-order chi connectivity index (χ1) is 15.9. The first-order valence-electron chi connectivity index (χ1n) is 10.9. The quantitative estimate of drug-likeness (QED) is 0.547. The molecule has 1 aliphatic heterocycles. The number of aromatic nitrogens is 3. The van der Waals surface area contributed by atoms with Gasteiger partial charge in [-0.2, -0.15) is 18.2 Å². The minimum absolute atomic E-state index is 0.00819. The summed E-state index contributed by atoms with van der Waals surface area (Å²) in [7, 11) is 0. The van der Waals surface area contributed by atoms with Crippen LogP contribution in [-0.4, -0.2) is 50.3 Å². The second-order valence-corrected chi connectivity index (χ2v) is 9.70. The number of hydrogen-bond donors (Lipinski definition) is 1. The highest BCUT2D eigenvalue weighted by Crippen LogP contribution is 2.47. The first kappa shape index (κ1) is 22.4. The van der Waals surface area contributed by atoms with Crippen molar-refractivity contribution < 1.29 is 27.1 Å². The number of carbonyl (C=O) groups is 1. The van der Waals surface area contributed by atoms with Crippen LogP contribution < -0.4 is 5.32 Å². The summed E-state index contributed by atoms with van der Waals surface area (Å²) in [5.74, 6) is -0.140. The van der Waals surface area contributed by atoms with Gasteiger partial charge in [0.15, 0.2) is 5.65 Å². The van der Waals surface area contributed by atoms with E-state index >= 15 is 0 Å². The Morgan fingerprint density at radius 2 is 1.82 bits per heavy atom. The molecule has 0 spiro atoms. The highest BCUT2D eigenvalue weighted by atomic mass is 19.4. The van der Waals surface area contributed by atoms with E-state index in [2.05, 4.69) is 15.4 Å². The topological polar surface area (TPSA) is 71.8 Å². The number of rotatable bonds is 3. The van der Waals surface area contributed by atoms with E-state index in [1.165, 1.54) is 4.52 Å². The zero-order chi connectivity index (χ0) is 24.4. The maximum atomic E-state index is 14.6. The normalized spacial score (nSPS) is 22.1. The number of pyridine rings is 1. The van der Waals surface area contributed by atoms with Crippen LogP contribution in [0.1, 0.15) is 26.3 Å². The molecule has 2 fully saturated rings. The first-order valence-corrected chi connectivity index (χ1v) is 10.9. The molecule has 2 atom stereocenters. The van der Waals surface area contributed by atoms with E-state index in [1.807, 2.05) is 20.8 Å². The molecule has 1 saturated carbocycles. The number of likely N-dealkylation sites (tertiary alicyclic amines) is 1. The van der Waals surface area contributed by atoms with Gasteiger partial charge in [0.1, 0.15) is 11.4 Å². The molecule has 1 N–H and O–H groups in total. The molecule has 3 aromatic rings. The number of nitrogens with one attached hydrogen (secondary N) is 1. The van der Waals surface area contributed by atoms with Crippen molar-refractivity contribution in [3.63, 3.8) is 0 Å². The van der Waals surface area contributed by atoms with E-state index < -0.39 is 23.2 Å². The molecule has 2 aromatic heterocycles. The second kappa shape index (κ2) is 7.57. The van der Waals surface area contributed by atoms with Crippen LogP contribution in [0.4, 0.5) is 28.3 Å². The Morgan fingerprint density at radius 3 is 2.44 bits per heavy atom. The smallest absolute Gasteiger partial charge is 0.416 e. The fraction of sp³-hybridized carbons (Fsp3) is 0.435. The third-order valence-corrected chi connectivity index (χ3v) is 6.09. The molecule has 180 valence electrons. The van der Waals surface area contributed by atoms with Gasteiger partial charge in [0.05, 0.1) is 5.56 Å². The molecule has 1 aromatic carbocycles. The maximum absolute atomic E-state index is 14.6. The van der Waals surface area contributed by atoms with Crippen molar-refractivity contribution in [1.82, 2.24) is 19.5 Å². The van der Waals surface area contributed by atoms with Crippen LogP contribution >= 0.6 is 0 Å². The molecule has 7 nitrogen and oxygen atoms in total. The molecule has 2 aliphatic rings. The zero-order valence-electron chi connectivity index (χ0n) is 18.7. The molecular weight excluding hydrogens is 454 g/mol. The lowest BCUT2D eigenvalue weighted by atomic mass is 10.0. The highest BCUT2D eigenvalue weighted by molar-refractivity contribution is 5.78. The van der Waals surface area contributed by atoms with Crippen LogP contribution in [0, 0.1) is 17.7 Å². The fourth-order valence-electron chi connectivity index (χ4n) is 4.45. The standard InChI is InChI=1S/C23H23F4N5O2/c1-22(2,3)34-21(33)31-10-15-16(11-31)18(15)28-20-29-19-14(5-4-8-32(19)30-20)13-7-6-12(9-17(13)24)23(25,26)27/h4-9,15-16,18H,10-11H2,1-3H3,(H,28,30). The minimum Gasteiger partial charge on any atom is -0.444 e. The molecule has 3 heterocycles. The third-order valence-electron chi connectivity index (χ3n) is 6.09. The lowest BCUT2D eigenvalue weighted by molar-refractivity contribution is -0.137. The minimum atomic E-state index is -4.63. The van der Waals surface area contributed by atoms with Crippen molar-refractivity contribution >= 4 is 17.7 Å². The molecular formula is C23H23F4N5O2. The Hall–Kier alpha value is -3.37. The van der Waals surface area contributed by atoms with Crippen molar-refractivity contribution in [2.24, 2.45) is 11.8 Å². The lowest BCUT2D eigenvalue weighted by Crippen LogP contribution is -2.38. The van der Waals surface area contributed by atoms with Crippen molar-refractivity contribution in [3.8, 4) is 11.1 Å². The van der Waals surface area contributed by atoms with Crippen molar-refractivity contribution in [2.75, 3.05) is 18.4 Å². The van der Waals surface area contributed by atoms with Crippen LogP contribution in [0.15, 0.2) is 36.5 Å². The second-order valence-electron chi connectivity index (χ2n) is 9.70. The molecule has 1 aliphatic carbocycles. The number of amides is 1. The van der Waals surface area contributed by atoms with E-state index in [9.17, 15) is 22.4 Å². The van der Waals surface area contributed by atoms with Crippen LogP contribution in [0.3, 0.4) is 0 Å². The van der Waals surface area contributed by atoms with Gasteiger partial charge in [-0.15, -0.1) is 5.10 Å². The summed E-state index contributed by atoms with van der Waals surface area (Å²) in [5.41, 5.74) is -0.933. The van der Waals surface area contributed by atoms with E-state index in [0.717, 1.165) is 12.1 Å².